The molecular formula is C29H28FN5O2S. The molecule has 5 rings (SSSR count). The number of carboxylic acids is 1. The maximum atomic E-state index is 13.8. The number of para-hydroxylation sites is 2. The number of carbonyl (C=O) groups is 1. The van der Waals surface area contributed by atoms with Gasteiger partial charge in [0.1, 0.15) is 16.9 Å². The number of benzene rings is 3. The van der Waals surface area contributed by atoms with Gasteiger partial charge >= 0.3 is 5.97 Å². The van der Waals surface area contributed by atoms with Crippen LogP contribution in [0.25, 0.3) is 21.6 Å². The van der Waals surface area contributed by atoms with Gasteiger partial charge in [0.15, 0.2) is 0 Å². The third-order valence-corrected chi connectivity index (χ3v) is 7.44. The number of H-pyrrole nitrogens is 1. The molecule has 38 heavy (non-hydrogen) atoms. The molecule has 0 aliphatic rings. The Morgan fingerprint density at radius 2 is 1.95 bits per heavy atom. The lowest BCUT2D eigenvalue weighted by molar-refractivity contribution is -0.137. The molecule has 0 aliphatic carbocycles. The van der Waals surface area contributed by atoms with Crippen LogP contribution >= 0.6 is 11.3 Å². The van der Waals surface area contributed by atoms with Crippen LogP contribution in [-0.4, -0.2) is 32.1 Å². The minimum atomic E-state index is -0.957. The molecule has 0 saturated carbocycles. The van der Waals surface area contributed by atoms with Crippen LogP contribution in [0.15, 0.2) is 66.9 Å². The van der Waals surface area contributed by atoms with Gasteiger partial charge < -0.3 is 20.7 Å². The number of nitrogens with one attached hydrogen (secondary N) is 3. The van der Waals surface area contributed by atoms with E-state index in [1.807, 2.05) is 61.7 Å². The van der Waals surface area contributed by atoms with Crippen LogP contribution in [0.2, 0.25) is 0 Å². The van der Waals surface area contributed by atoms with Crippen molar-refractivity contribution in [1.29, 1.82) is 0 Å². The second-order valence-corrected chi connectivity index (χ2v) is 10.2. The third-order valence-electron chi connectivity index (χ3n) is 6.39. The number of aryl methyl sites for hydroxylation is 2. The number of hydrogen-bond donors (Lipinski definition) is 4. The van der Waals surface area contributed by atoms with Gasteiger partial charge in [-0.05, 0) is 54.3 Å². The van der Waals surface area contributed by atoms with Gasteiger partial charge in [-0.2, -0.15) is 0 Å². The van der Waals surface area contributed by atoms with Crippen molar-refractivity contribution in [2.45, 2.75) is 39.3 Å². The number of nitrogens with zero attached hydrogens (tertiary/aromatic N) is 2. The standard InChI is InChI=1S/C29H28FN5O2S/c1-3-19-14-21(30)12-17(2)26(19)33-25(28(36)37)13-18-8-10-20(11-9-18)27-31-15-22(38-27)16-32-29-34-23-6-4-5-7-24(23)35-29/h4-12,14-15,25,33H,3,13,16H2,1-2H3,(H,36,37)(H2,32,34,35). The zero-order valence-corrected chi connectivity index (χ0v) is 21.9. The zero-order valence-electron chi connectivity index (χ0n) is 21.1. The van der Waals surface area contributed by atoms with Gasteiger partial charge in [-0.1, -0.05) is 43.3 Å². The van der Waals surface area contributed by atoms with Gasteiger partial charge in [0.25, 0.3) is 0 Å². The van der Waals surface area contributed by atoms with Crippen molar-refractivity contribution in [1.82, 2.24) is 15.0 Å². The van der Waals surface area contributed by atoms with Crippen molar-refractivity contribution in [3.63, 3.8) is 0 Å². The molecule has 1 atom stereocenters. The van der Waals surface area contributed by atoms with E-state index < -0.39 is 12.0 Å². The minimum absolute atomic E-state index is 0.292. The van der Waals surface area contributed by atoms with E-state index in [2.05, 4.69) is 25.6 Å². The summed E-state index contributed by atoms with van der Waals surface area (Å²) in [6.45, 7) is 4.31. The molecule has 9 heteroatoms. The fraction of sp³-hybridized carbons (Fsp3) is 0.207. The Kier molecular flexibility index (Phi) is 7.37. The summed E-state index contributed by atoms with van der Waals surface area (Å²) in [5, 5.41) is 17.2. The molecule has 5 aromatic rings. The monoisotopic (exact) mass is 529 g/mol. The molecule has 2 heterocycles. The number of anilines is 2. The largest absolute Gasteiger partial charge is 0.480 e. The molecule has 0 amide bonds. The Balaban J connectivity index is 1.24. The van der Waals surface area contributed by atoms with Crippen LogP contribution in [-0.2, 0) is 24.2 Å². The van der Waals surface area contributed by atoms with Crippen LogP contribution in [0.1, 0.15) is 28.5 Å². The number of thiazole rings is 1. The van der Waals surface area contributed by atoms with E-state index >= 15 is 0 Å². The quantitative estimate of drug-likeness (QED) is 0.167. The lowest BCUT2D eigenvalue weighted by atomic mass is 10.0. The number of carboxylic acid groups (broad SMARTS) is 1. The Morgan fingerprint density at radius 3 is 2.68 bits per heavy atom. The van der Waals surface area contributed by atoms with E-state index in [-0.39, 0.29) is 5.82 Å². The Labute approximate surface area is 223 Å². The van der Waals surface area contributed by atoms with E-state index in [1.165, 1.54) is 12.1 Å². The van der Waals surface area contributed by atoms with Crippen molar-refractivity contribution >= 4 is 40.0 Å². The van der Waals surface area contributed by atoms with Gasteiger partial charge in [0.2, 0.25) is 5.95 Å². The third kappa shape index (κ3) is 5.68. The Hall–Kier alpha value is -4.24. The SMILES string of the molecule is CCc1cc(F)cc(C)c1NC(Cc1ccc(-c2ncc(CNc3nc4ccccc4[nH]3)s2)cc1)C(=O)O. The highest BCUT2D eigenvalue weighted by Crippen LogP contribution is 2.28. The Bertz CT molecular complexity index is 1540. The van der Waals surface area contributed by atoms with E-state index in [9.17, 15) is 14.3 Å². The second kappa shape index (κ2) is 11.0. The van der Waals surface area contributed by atoms with Gasteiger partial charge in [0.05, 0.1) is 17.6 Å². The normalized spacial score (nSPS) is 12.0. The molecule has 0 saturated heterocycles. The fourth-order valence-corrected chi connectivity index (χ4v) is 5.28. The summed E-state index contributed by atoms with van der Waals surface area (Å²) < 4.78 is 13.8. The molecule has 0 spiro atoms. The number of aromatic nitrogens is 3. The van der Waals surface area contributed by atoms with Crippen molar-refractivity contribution in [3.8, 4) is 10.6 Å². The van der Waals surface area contributed by atoms with Gasteiger partial charge in [-0.25, -0.2) is 19.2 Å². The van der Waals surface area contributed by atoms with E-state index in [0.717, 1.165) is 37.6 Å². The highest BCUT2D eigenvalue weighted by molar-refractivity contribution is 7.15. The average molecular weight is 530 g/mol. The van der Waals surface area contributed by atoms with Crippen LogP contribution in [0.4, 0.5) is 16.0 Å². The van der Waals surface area contributed by atoms with Crippen LogP contribution in [0.5, 0.6) is 0 Å². The molecule has 0 aliphatic heterocycles. The van der Waals surface area contributed by atoms with E-state index in [0.29, 0.717) is 36.6 Å². The highest BCUT2D eigenvalue weighted by atomic mass is 32.1. The molecule has 7 nitrogen and oxygen atoms in total. The topological polar surface area (TPSA) is 103 Å². The number of hydrogen-bond acceptors (Lipinski definition) is 6. The molecule has 0 fully saturated rings. The first-order valence-electron chi connectivity index (χ1n) is 12.4. The molecule has 2 aromatic heterocycles. The van der Waals surface area contributed by atoms with Crippen LogP contribution in [0.3, 0.4) is 0 Å². The number of rotatable bonds is 10. The molecule has 0 bridgehead atoms. The summed E-state index contributed by atoms with van der Waals surface area (Å²) in [6.07, 6.45) is 2.75. The van der Waals surface area contributed by atoms with E-state index in [1.54, 1.807) is 18.3 Å². The predicted octanol–water partition coefficient (Wildman–Crippen LogP) is 6.42. The second-order valence-electron chi connectivity index (χ2n) is 9.13. The number of halogens is 1. The smallest absolute Gasteiger partial charge is 0.326 e. The lowest BCUT2D eigenvalue weighted by Crippen LogP contribution is -2.32. The van der Waals surface area contributed by atoms with Gasteiger partial charge in [0, 0.05) is 28.7 Å². The first-order valence-corrected chi connectivity index (χ1v) is 13.2. The average Bonchev–Trinajstić information content (AvgIpc) is 3.55. The van der Waals surface area contributed by atoms with Gasteiger partial charge in [-0.3, -0.25) is 0 Å². The number of aromatic amines is 1. The maximum absolute atomic E-state index is 13.8. The minimum Gasteiger partial charge on any atom is -0.480 e. The van der Waals surface area contributed by atoms with Crippen molar-refractivity contribution in [2.75, 3.05) is 10.6 Å². The summed E-state index contributed by atoms with van der Waals surface area (Å²) in [7, 11) is 0. The first-order chi connectivity index (χ1) is 18.4. The molecule has 194 valence electrons. The summed E-state index contributed by atoms with van der Waals surface area (Å²) in [6, 6.07) is 17.7. The highest BCUT2D eigenvalue weighted by Gasteiger charge is 2.20. The summed E-state index contributed by atoms with van der Waals surface area (Å²) in [4.78, 5) is 25.5. The summed E-state index contributed by atoms with van der Waals surface area (Å²) in [5.74, 6) is -0.557. The zero-order chi connectivity index (χ0) is 26.6. The molecule has 1 unspecified atom stereocenters. The van der Waals surface area contributed by atoms with Crippen LogP contribution < -0.4 is 10.6 Å². The Morgan fingerprint density at radius 1 is 1.16 bits per heavy atom. The summed E-state index contributed by atoms with van der Waals surface area (Å²) in [5.41, 5.74) is 5.89. The first kappa shape index (κ1) is 25.4. The number of imidazole rings is 1. The lowest BCUT2D eigenvalue weighted by Gasteiger charge is -2.20. The van der Waals surface area contributed by atoms with Crippen molar-refractivity contribution in [3.05, 3.63) is 94.2 Å². The van der Waals surface area contributed by atoms with Crippen molar-refractivity contribution < 1.29 is 14.3 Å². The fourth-order valence-electron chi connectivity index (χ4n) is 4.42. The number of fused-ring (bicyclic) bond motifs is 1. The van der Waals surface area contributed by atoms with E-state index in [4.69, 9.17) is 0 Å². The summed E-state index contributed by atoms with van der Waals surface area (Å²) >= 11 is 1.59. The predicted molar refractivity (Wildman–Crippen MR) is 150 cm³/mol. The van der Waals surface area contributed by atoms with Gasteiger partial charge in [-0.15, -0.1) is 11.3 Å². The maximum Gasteiger partial charge on any atom is 0.326 e. The van der Waals surface area contributed by atoms with Crippen molar-refractivity contribution in [2.24, 2.45) is 0 Å². The molecule has 0 radical (unpaired) electrons. The molecule has 3 aromatic carbocycles. The molecular weight excluding hydrogens is 501 g/mol. The van der Waals surface area contributed by atoms with Crippen LogP contribution in [0, 0.1) is 12.7 Å². The number of aliphatic carboxylic acids is 1. The molecule has 4 N–H and O–H groups in total.